The van der Waals surface area contributed by atoms with E-state index in [4.69, 9.17) is 16.0 Å². The molecule has 14 heteroatoms. The summed E-state index contributed by atoms with van der Waals surface area (Å²) in [6.45, 7) is 0. The molecule has 4 rings (SSSR count). The molecule has 1 aromatic carbocycles. The largest absolute Gasteiger partial charge is 0.435 e. The number of halogens is 3. The van der Waals surface area contributed by atoms with E-state index in [2.05, 4.69) is 15.6 Å². The van der Waals surface area contributed by atoms with Crippen LogP contribution in [-0.2, 0) is 13.2 Å². The van der Waals surface area contributed by atoms with Gasteiger partial charge in [-0.15, -0.1) is 11.3 Å². The normalized spacial score (nSPS) is 11.5. The van der Waals surface area contributed by atoms with Crippen molar-refractivity contribution < 1.29 is 27.2 Å². The number of benzene rings is 1. The number of pyridine rings is 1. The van der Waals surface area contributed by atoms with E-state index in [0.29, 0.717) is 0 Å². The van der Waals surface area contributed by atoms with Gasteiger partial charge < -0.3 is 16.8 Å². The predicted molar refractivity (Wildman–Crippen MR) is 112 cm³/mol. The monoisotopic (exact) mass is 476 g/mol. The standard InChI is InChI=1S/C19H12F3N7O3S/c1-29-13(18(31)32-28-29)10-9(6-23)15(25)27-17-11(10)12(24)14(33-17)16(30)26-8-4-2-3-7(5-8)19(20,21)22/h2-5H,1H3,(H5-,24,25,26,27,28,30,31)/p+1. The highest BCUT2D eigenvalue weighted by atomic mass is 32.1. The molecule has 0 aliphatic rings. The van der Waals surface area contributed by atoms with Crippen LogP contribution in [0.3, 0.4) is 0 Å². The van der Waals surface area contributed by atoms with Crippen molar-refractivity contribution in [2.45, 2.75) is 6.18 Å². The summed E-state index contributed by atoms with van der Waals surface area (Å²) >= 11 is 0.806. The zero-order valence-electron chi connectivity index (χ0n) is 16.6. The summed E-state index contributed by atoms with van der Waals surface area (Å²) in [6, 6.07) is 5.96. The molecule has 1 amide bonds. The minimum Gasteiger partial charge on any atom is -0.397 e. The van der Waals surface area contributed by atoms with Gasteiger partial charge in [0.1, 0.15) is 27.2 Å². The van der Waals surface area contributed by atoms with Gasteiger partial charge >= 0.3 is 17.5 Å². The molecule has 0 saturated heterocycles. The summed E-state index contributed by atoms with van der Waals surface area (Å²) in [7, 11) is 1.45. The first-order chi connectivity index (χ1) is 15.5. The van der Waals surface area contributed by atoms with E-state index >= 15 is 0 Å². The number of carbonyl (C=O) groups excluding carboxylic acids is 1. The Morgan fingerprint density at radius 2 is 2.09 bits per heavy atom. The van der Waals surface area contributed by atoms with E-state index in [0.717, 1.165) is 29.5 Å². The third kappa shape index (κ3) is 3.64. The molecule has 0 aliphatic heterocycles. The van der Waals surface area contributed by atoms with E-state index in [1.807, 2.05) is 6.07 Å². The number of aromatic amines is 1. The Balaban J connectivity index is 1.87. The van der Waals surface area contributed by atoms with Crippen LogP contribution >= 0.6 is 11.3 Å². The number of nitrogens with two attached hydrogens (primary N) is 2. The Bertz CT molecular complexity index is 1530. The Labute approximate surface area is 185 Å². The third-order valence-electron chi connectivity index (χ3n) is 4.71. The predicted octanol–water partition coefficient (Wildman–Crippen LogP) is 2.38. The number of aryl methyl sites for hydroxylation is 1. The van der Waals surface area contributed by atoms with Gasteiger partial charge in [-0.3, -0.25) is 9.32 Å². The minimum atomic E-state index is -4.59. The lowest BCUT2D eigenvalue weighted by Crippen LogP contribution is -2.34. The number of alkyl halides is 3. The van der Waals surface area contributed by atoms with Crippen molar-refractivity contribution in [2.24, 2.45) is 7.05 Å². The Hall–Kier alpha value is -4.38. The lowest BCUT2D eigenvalue weighted by Gasteiger charge is -2.09. The van der Waals surface area contributed by atoms with Gasteiger partial charge in [-0.05, 0) is 23.5 Å². The molecule has 10 nitrogen and oxygen atoms in total. The zero-order chi connectivity index (χ0) is 24.1. The zero-order valence-corrected chi connectivity index (χ0v) is 17.4. The summed E-state index contributed by atoms with van der Waals surface area (Å²) in [6.07, 6.45) is -4.59. The number of hydrogen-bond donors (Lipinski definition) is 4. The number of thiophene rings is 1. The molecule has 0 bridgehead atoms. The molecule has 0 aliphatic carbocycles. The first-order valence-electron chi connectivity index (χ1n) is 9.01. The van der Waals surface area contributed by atoms with Crippen molar-refractivity contribution in [3.63, 3.8) is 0 Å². The number of hydrogen-bond acceptors (Lipinski definition) is 8. The number of H-pyrrole nitrogens is 1. The fourth-order valence-electron chi connectivity index (χ4n) is 3.26. The molecule has 0 radical (unpaired) electrons. The van der Waals surface area contributed by atoms with Gasteiger partial charge in [0.05, 0.1) is 22.2 Å². The number of aromatic nitrogens is 3. The summed E-state index contributed by atoms with van der Waals surface area (Å²) < 4.78 is 44.9. The summed E-state index contributed by atoms with van der Waals surface area (Å²) in [4.78, 5) is 29.3. The number of nitrogens with one attached hydrogen (secondary N) is 2. The van der Waals surface area contributed by atoms with Crippen molar-refractivity contribution in [3.05, 3.63) is 50.7 Å². The molecule has 3 heterocycles. The van der Waals surface area contributed by atoms with Gasteiger partial charge in [0.2, 0.25) is 0 Å². The number of nitriles is 1. The van der Waals surface area contributed by atoms with Crippen LogP contribution in [0.4, 0.5) is 30.4 Å². The first-order valence-corrected chi connectivity index (χ1v) is 9.82. The van der Waals surface area contributed by atoms with Crippen molar-refractivity contribution in [3.8, 4) is 17.3 Å². The van der Waals surface area contributed by atoms with Gasteiger partial charge in [-0.25, -0.2) is 9.78 Å². The molecular weight excluding hydrogens is 463 g/mol. The third-order valence-corrected chi connectivity index (χ3v) is 5.81. The quantitative estimate of drug-likeness (QED) is 0.329. The van der Waals surface area contributed by atoms with Crippen LogP contribution in [0.25, 0.3) is 21.5 Å². The van der Waals surface area contributed by atoms with E-state index in [1.54, 1.807) is 0 Å². The molecule has 3 aromatic heterocycles. The number of carbonyl (C=O) groups is 1. The van der Waals surface area contributed by atoms with E-state index in [-0.39, 0.29) is 49.1 Å². The highest BCUT2D eigenvalue weighted by Gasteiger charge is 2.33. The van der Waals surface area contributed by atoms with Gasteiger partial charge in [0, 0.05) is 5.69 Å². The molecule has 33 heavy (non-hydrogen) atoms. The molecule has 0 fully saturated rings. The maximum Gasteiger partial charge on any atom is 0.435 e. The molecule has 4 aromatic rings. The second-order valence-electron chi connectivity index (χ2n) is 6.80. The van der Waals surface area contributed by atoms with Gasteiger partial charge in [-0.1, -0.05) is 10.7 Å². The lowest BCUT2D eigenvalue weighted by atomic mass is 10.0. The fraction of sp³-hybridized carbons (Fsp3) is 0.105. The molecule has 6 N–H and O–H groups in total. The van der Waals surface area contributed by atoms with Crippen LogP contribution in [0.1, 0.15) is 20.8 Å². The average Bonchev–Trinajstić information content (AvgIpc) is 3.25. The number of nitrogens with zero attached hydrogens (tertiary/aromatic N) is 3. The van der Waals surface area contributed by atoms with Crippen molar-refractivity contribution in [1.29, 1.82) is 5.26 Å². The van der Waals surface area contributed by atoms with Crippen LogP contribution in [0, 0.1) is 11.3 Å². The average molecular weight is 476 g/mol. The highest BCUT2D eigenvalue weighted by molar-refractivity contribution is 7.21. The number of fused-ring (bicyclic) bond motifs is 1. The van der Waals surface area contributed by atoms with Crippen LogP contribution in [0.2, 0.25) is 0 Å². The maximum atomic E-state index is 13.0. The lowest BCUT2D eigenvalue weighted by molar-refractivity contribution is -0.730. The van der Waals surface area contributed by atoms with Crippen LogP contribution in [-0.4, -0.2) is 16.2 Å². The van der Waals surface area contributed by atoms with E-state index < -0.39 is 23.3 Å². The second kappa shape index (κ2) is 7.64. The Kier molecular flexibility index (Phi) is 5.05. The summed E-state index contributed by atoms with van der Waals surface area (Å²) in [5, 5.41) is 14.4. The topological polar surface area (TPSA) is 168 Å². The van der Waals surface area contributed by atoms with E-state index in [9.17, 15) is 28.0 Å². The van der Waals surface area contributed by atoms with E-state index in [1.165, 1.54) is 17.8 Å². The molecule has 0 unspecified atom stereocenters. The van der Waals surface area contributed by atoms with Crippen molar-refractivity contribution >= 4 is 44.7 Å². The molecular formula is C19H13F3N7O3S+. The van der Waals surface area contributed by atoms with Gasteiger partial charge in [-0.2, -0.15) is 18.4 Å². The smallest absolute Gasteiger partial charge is 0.397 e. The number of rotatable bonds is 3. The summed E-state index contributed by atoms with van der Waals surface area (Å²) in [5.74, 6) is -1.00. The van der Waals surface area contributed by atoms with Crippen LogP contribution < -0.4 is 27.1 Å². The maximum absolute atomic E-state index is 13.0. The van der Waals surface area contributed by atoms with Crippen LogP contribution in [0.5, 0.6) is 0 Å². The molecule has 168 valence electrons. The molecule has 0 saturated carbocycles. The number of nitrogen functional groups attached to an aromatic ring is 2. The van der Waals surface area contributed by atoms with Crippen molar-refractivity contribution in [2.75, 3.05) is 16.8 Å². The summed E-state index contributed by atoms with van der Waals surface area (Å²) in [5.41, 5.74) is 9.89. The minimum absolute atomic E-state index is 0.0179. The van der Waals surface area contributed by atoms with Crippen molar-refractivity contribution in [1.82, 2.24) is 10.3 Å². The highest BCUT2D eigenvalue weighted by Crippen LogP contribution is 2.41. The first kappa shape index (κ1) is 21.8. The Morgan fingerprint density at radius 3 is 2.70 bits per heavy atom. The number of anilines is 3. The SMILES string of the molecule is C[n+]1[nH]oc(=O)c1-c1c(C#N)c(N)nc2sc(C(=O)Nc3cccc(C(F)(F)F)c3)c(N)c12. The van der Waals surface area contributed by atoms with Gasteiger partial charge in [0.15, 0.2) is 7.05 Å². The Morgan fingerprint density at radius 1 is 1.36 bits per heavy atom. The molecule has 0 spiro atoms. The number of amides is 1. The van der Waals surface area contributed by atoms with Gasteiger partial charge in [0.25, 0.3) is 5.91 Å². The van der Waals surface area contributed by atoms with Crippen LogP contribution in [0.15, 0.2) is 33.6 Å². The molecule has 0 atom stereocenters. The fourth-order valence-corrected chi connectivity index (χ4v) is 4.27. The second-order valence-corrected chi connectivity index (χ2v) is 7.80.